The molecule has 6 heteroatoms. The molecule has 1 atom stereocenters. The molecule has 0 radical (unpaired) electrons. The molecule has 0 saturated heterocycles. The zero-order valence-electron chi connectivity index (χ0n) is 11.7. The first-order chi connectivity index (χ1) is 10.3. The Kier molecular flexibility index (Phi) is 3.07. The fourth-order valence-electron chi connectivity index (χ4n) is 2.30. The lowest BCUT2D eigenvalue weighted by molar-refractivity contribution is 0.0960. The highest BCUT2D eigenvalue weighted by molar-refractivity contribution is 8.02. The number of fused-ring (bicyclic) bond motifs is 2. The summed E-state index contributed by atoms with van der Waals surface area (Å²) in [6, 6.07) is 7.72. The molecule has 0 bridgehead atoms. The SMILES string of the molecule is C=S(C)(=O)/C=C(\O)c1cc2c(o1)C(=O)c1ccccc1C2=O. The van der Waals surface area contributed by atoms with E-state index in [2.05, 4.69) is 5.87 Å². The van der Waals surface area contributed by atoms with Crippen LogP contribution in [0.15, 0.2) is 40.2 Å². The lowest BCUT2D eigenvalue weighted by atomic mass is 9.89. The van der Waals surface area contributed by atoms with Crippen molar-refractivity contribution in [2.45, 2.75) is 0 Å². The maximum absolute atomic E-state index is 12.4. The van der Waals surface area contributed by atoms with Gasteiger partial charge in [0, 0.05) is 22.8 Å². The topological polar surface area (TPSA) is 84.6 Å². The van der Waals surface area contributed by atoms with E-state index in [4.69, 9.17) is 4.42 Å². The molecule has 0 saturated carbocycles. The normalized spacial score (nSPS) is 16.9. The fourth-order valence-corrected chi connectivity index (χ4v) is 2.88. The van der Waals surface area contributed by atoms with E-state index >= 15 is 0 Å². The summed E-state index contributed by atoms with van der Waals surface area (Å²) in [4.78, 5) is 24.8. The molecule has 3 rings (SSSR count). The highest BCUT2D eigenvalue weighted by Gasteiger charge is 2.33. The third-order valence-corrected chi connectivity index (χ3v) is 3.93. The summed E-state index contributed by atoms with van der Waals surface area (Å²) in [6.45, 7) is 0. The van der Waals surface area contributed by atoms with Crippen molar-refractivity contribution < 1.29 is 23.3 Å². The lowest BCUT2D eigenvalue weighted by Crippen LogP contribution is -2.18. The summed E-state index contributed by atoms with van der Waals surface area (Å²) >= 11 is 0. The van der Waals surface area contributed by atoms with Gasteiger partial charge < -0.3 is 9.52 Å². The smallest absolute Gasteiger partial charge is 0.229 e. The van der Waals surface area contributed by atoms with Crippen LogP contribution in [0.2, 0.25) is 0 Å². The molecule has 5 nitrogen and oxygen atoms in total. The highest BCUT2D eigenvalue weighted by Crippen LogP contribution is 2.31. The Morgan fingerprint density at radius 2 is 1.77 bits per heavy atom. The van der Waals surface area contributed by atoms with Gasteiger partial charge in [-0.2, -0.15) is 0 Å². The molecule has 1 aromatic carbocycles. The third-order valence-electron chi connectivity index (χ3n) is 3.21. The van der Waals surface area contributed by atoms with Crippen LogP contribution in [0.5, 0.6) is 0 Å². The minimum atomic E-state index is -2.60. The summed E-state index contributed by atoms with van der Waals surface area (Å²) in [7, 11) is -2.60. The monoisotopic (exact) mass is 316 g/mol. The number of carbonyl (C=O) groups is 2. The van der Waals surface area contributed by atoms with Crippen molar-refractivity contribution in [3.8, 4) is 0 Å². The van der Waals surface area contributed by atoms with Gasteiger partial charge >= 0.3 is 0 Å². The number of ketones is 2. The molecule has 2 aromatic rings. The predicted octanol–water partition coefficient (Wildman–Crippen LogP) is 2.26. The van der Waals surface area contributed by atoms with Gasteiger partial charge in [-0.05, 0) is 21.5 Å². The molecule has 1 N–H and O–H groups in total. The van der Waals surface area contributed by atoms with Crippen LogP contribution in [-0.2, 0) is 9.52 Å². The van der Waals surface area contributed by atoms with E-state index < -0.39 is 21.1 Å². The number of aliphatic hydroxyl groups excluding tert-OH is 1. The second-order valence-electron chi connectivity index (χ2n) is 5.13. The molecule has 0 amide bonds. The minimum absolute atomic E-state index is 0.0854. The van der Waals surface area contributed by atoms with E-state index in [1.54, 1.807) is 24.3 Å². The fraction of sp³-hybridized carbons (Fsp3) is 0.0625. The molecule has 1 unspecified atom stereocenters. The van der Waals surface area contributed by atoms with Crippen LogP contribution >= 0.6 is 0 Å². The number of hydrogen-bond donors (Lipinski definition) is 1. The molecule has 1 aromatic heterocycles. The number of benzene rings is 1. The number of hydrogen-bond acceptors (Lipinski definition) is 5. The molecule has 112 valence electrons. The maximum atomic E-state index is 12.4. The first-order valence-electron chi connectivity index (χ1n) is 6.33. The number of rotatable bonds is 2. The second kappa shape index (κ2) is 4.71. The molecule has 0 aliphatic heterocycles. The van der Waals surface area contributed by atoms with Crippen molar-refractivity contribution >= 4 is 32.7 Å². The zero-order chi connectivity index (χ0) is 16.1. The van der Waals surface area contributed by atoms with E-state index in [1.807, 2.05) is 0 Å². The predicted molar refractivity (Wildman–Crippen MR) is 83.8 cm³/mol. The summed E-state index contributed by atoms with van der Waals surface area (Å²) in [5.74, 6) is 2.01. The molecule has 0 spiro atoms. The van der Waals surface area contributed by atoms with Crippen molar-refractivity contribution in [2.24, 2.45) is 0 Å². The first kappa shape index (κ1) is 14.3. The van der Waals surface area contributed by atoms with Crippen LogP contribution in [0.3, 0.4) is 0 Å². The maximum Gasteiger partial charge on any atom is 0.229 e. The largest absolute Gasteiger partial charge is 0.504 e. The van der Waals surface area contributed by atoms with Gasteiger partial charge in [0.1, 0.15) is 0 Å². The van der Waals surface area contributed by atoms with E-state index in [0.717, 1.165) is 5.41 Å². The Morgan fingerprint density at radius 3 is 2.36 bits per heavy atom. The van der Waals surface area contributed by atoms with Crippen molar-refractivity contribution in [3.05, 3.63) is 64.0 Å². The molecular formula is C16H12O5S. The minimum Gasteiger partial charge on any atom is -0.504 e. The van der Waals surface area contributed by atoms with Crippen molar-refractivity contribution in [3.63, 3.8) is 0 Å². The summed E-state index contributed by atoms with van der Waals surface area (Å²) in [5, 5.41) is 11.0. The van der Waals surface area contributed by atoms with Crippen LogP contribution in [0, 0.1) is 0 Å². The Hall–Kier alpha value is -2.60. The molecule has 1 heterocycles. The van der Waals surface area contributed by atoms with Gasteiger partial charge in [0.25, 0.3) is 0 Å². The van der Waals surface area contributed by atoms with E-state index in [9.17, 15) is 18.9 Å². The van der Waals surface area contributed by atoms with Crippen molar-refractivity contribution in [1.29, 1.82) is 0 Å². The van der Waals surface area contributed by atoms with Gasteiger partial charge in [-0.25, -0.2) is 0 Å². The number of furan rings is 1. The Balaban J connectivity index is 2.16. The van der Waals surface area contributed by atoms with Gasteiger partial charge in [-0.15, -0.1) is 0 Å². The highest BCUT2D eigenvalue weighted by atomic mass is 32.2. The average Bonchev–Trinajstić information content (AvgIpc) is 2.89. The van der Waals surface area contributed by atoms with Crippen molar-refractivity contribution in [2.75, 3.05) is 6.26 Å². The van der Waals surface area contributed by atoms with Gasteiger partial charge in [0.15, 0.2) is 23.1 Å². The molecule has 0 fully saturated rings. The number of aliphatic hydroxyl groups is 1. The molecule has 1 aliphatic carbocycles. The van der Waals surface area contributed by atoms with Crippen molar-refractivity contribution in [1.82, 2.24) is 0 Å². The van der Waals surface area contributed by atoms with Crippen LogP contribution < -0.4 is 0 Å². The Morgan fingerprint density at radius 1 is 1.18 bits per heavy atom. The number of carbonyl (C=O) groups excluding carboxylic acids is 2. The van der Waals surface area contributed by atoms with Crippen LogP contribution in [-0.4, -0.2) is 33.0 Å². The van der Waals surface area contributed by atoms with Gasteiger partial charge in [0.2, 0.25) is 5.78 Å². The van der Waals surface area contributed by atoms with E-state index in [0.29, 0.717) is 5.56 Å². The van der Waals surface area contributed by atoms with Gasteiger partial charge in [-0.1, -0.05) is 24.3 Å². The summed E-state index contributed by atoms with van der Waals surface area (Å²) in [5.41, 5.74) is 0.651. The van der Waals surface area contributed by atoms with Gasteiger partial charge in [0.05, 0.1) is 5.56 Å². The van der Waals surface area contributed by atoms with E-state index in [-0.39, 0.29) is 28.4 Å². The van der Waals surface area contributed by atoms with Gasteiger partial charge in [-0.3, -0.25) is 13.8 Å². The average molecular weight is 316 g/mol. The molecule has 22 heavy (non-hydrogen) atoms. The van der Waals surface area contributed by atoms with Crippen LogP contribution in [0.25, 0.3) is 5.76 Å². The standard InChI is InChI=1S/C16H12O5S/c1-22(2,20)8-12(17)13-7-11-14(18)9-5-3-4-6-10(9)15(19)16(11)21-13/h3-8,17H,1H2,2H3/b12-8-. The van der Waals surface area contributed by atoms with Crippen LogP contribution in [0.1, 0.15) is 37.8 Å². The van der Waals surface area contributed by atoms with E-state index in [1.165, 1.54) is 12.3 Å². The second-order valence-corrected chi connectivity index (χ2v) is 7.51. The lowest BCUT2D eigenvalue weighted by Gasteiger charge is -2.11. The Labute approximate surface area is 126 Å². The third kappa shape index (κ3) is 2.27. The molecule has 1 aliphatic rings. The van der Waals surface area contributed by atoms with Crippen LogP contribution in [0.4, 0.5) is 0 Å². The molecular weight excluding hydrogens is 304 g/mol. The zero-order valence-corrected chi connectivity index (χ0v) is 12.5. The Bertz CT molecular complexity index is 892. The summed E-state index contributed by atoms with van der Waals surface area (Å²) < 4.78 is 16.9. The summed E-state index contributed by atoms with van der Waals surface area (Å²) in [6.07, 6.45) is 1.35. The first-order valence-corrected chi connectivity index (χ1v) is 8.53. The quantitative estimate of drug-likeness (QED) is 0.579.